The molecule has 0 aliphatic carbocycles. The summed E-state index contributed by atoms with van der Waals surface area (Å²) in [4.78, 5) is 24.9. The van der Waals surface area contributed by atoms with Crippen molar-refractivity contribution in [2.45, 2.75) is 19.8 Å². The molecule has 0 amide bonds. The van der Waals surface area contributed by atoms with Gasteiger partial charge in [0.15, 0.2) is 0 Å². The molecular formula is C10H9F2IN2O4. The Balaban J connectivity index is 3.28. The first-order valence-electron chi connectivity index (χ1n) is 5.13. The van der Waals surface area contributed by atoms with Crippen molar-refractivity contribution in [2.75, 3.05) is 6.61 Å². The van der Waals surface area contributed by atoms with Crippen LogP contribution in [0.2, 0.25) is 0 Å². The van der Waals surface area contributed by atoms with Gasteiger partial charge >= 0.3 is 5.97 Å². The van der Waals surface area contributed by atoms with E-state index in [1.807, 2.05) is 0 Å². The molecule has 0 aliphatic rings. The van der Waals surface area contributed by atoms with Gasteiger partial charge in [0.25, 0.3) is 12.1 Å². The molecule has 6 nitrogen and oxygen atoms in total. The van der Waals surface area contributed by atoms with Gasteiger partial charge in [-0.3, -0.25) is 19.9 Å². The lowest BCUT2D eigenvalue weighted by Crippen LogP contribution is -2.13. The highest BCUT2D eigenvalue weighted by Crippen LogP contribution is 2.34. The Morgan fingerprint density at radius 3 is 2.74 bits per heavy atom. The zero-order chi connectivity index (χ0) is 14.6. The van der Waals surface area contributed by atoms with Crippen LogP contribution < -0.4 is 0 Å². The second-order valence-corrected chi connectivity index (χ2v) is 4.52. The quantitative estimate of drug-likeness (QED) is 0.336. The van der Waals surface area contributed by atoms with Gasteiger partial charge in [0, 0.05) is 6.20 Å². The van der Waals surface area contributed by atoms with Crippen LogP contribution in [0, 0.1) is 13.7 Å². The number of carbonyl (C=O) groups excluding carboxylic acids is 1. The molecular weight excluding hydrogens is 377 g/mol. The number of hydrogen-bond acceptors (Lipinski definition) is 5. The third kappa shape index (κ3) is 3.78. The molecule has 1 aromatic heterocycles. The summed E-state index contributed by atoms with van der Waals surface area (Å²) in [5.41, 5.74) is -1.88. The van der Waals surface area contributed by atoms with Gasteiger partial charge in [-0.25, -0.2) is 8.78 Å². The number of hydrogen-bond donors (Lipinski definition) is 0. The first-order chi connectivity index (χ1) is 8.88. The minimum atomic E-state index is -3.09. The number of halogens is 3. The van der Waals surface area contributed by atoms with Crippen LogP contribution in [0.25, 0.3) is 0 Å². The van der Waals surface area contributed by atoms with Crippen LogP contribution in [-0.2, 0) is 16.0 Å². The van der Waals surface area contributed by atoms with E-state index in [9.17, 15) is 23.7 Å². The molecule has 0 N–H and O–H groups in total. The number of nitrogens with zero attached hydrogens (tertiary/aromatic N) is 2. The molecule has 0 unspecified atom stereocenters. The lowest BCUT2D eigenvalue weighted by molar-refractivity contribution is -0.387. The molecule has 19 heavy (non-hydrogen) atoms. The standard InChI is InChI=1S/C10H9F2IN2O4/c1-2-19-7(16)3-6-8(10(11)12)9(15(17)18)5(13)4-14-6/h4,10H,2-3H2,1H3. The number of aromatic nitrogens is 1. The van der Waals surface area contributed by atoms with Gasteiger partial charge in [-0.1, -0.05) is 0 Å². The van der Waals surface area contributed by atoms with Gasteiger partial charge < -0.3 is 4.74 Å². The van der Waals surface area contributed by atoms with Crippen LogP contribution >= 0.6 is 22.6 Å². The lowest BCUT2D eigenvalue weighted by Gasteiger charge is -2.09. The van der Waals surface area contributed by atoms with Crippen molar-refractivity contribution in [3.63, 3.8) is 0 Å². The van der Waals surface area contributed by atoms with E-state index in [2.05, 4.69) is 9.72 Å². The highest BCUT2D eigenvalue weighted by Gasteiger charge is 2.30. The molecule has 9 heteroatoms. The fraction of sp³-hybridized carbons (Fsp3) is 0.400. The Kier molecular flexibility index (Phi) is 5.51. The van der Waals surface area contributed by atoms with Crippen molar-refractivity contribution in [1.82, 2.24) is 4.98 Å². The molecule has 0 atom stereocenters. The third-order valence-electron chi connectivity index (χ3n) is 2.14. The normalized spacial score (nSPS) is 10.6. The lowest BCUT2D eigenvalue weighted by atomic mass is 10.1. The van der Waals surface area contributed by atoms with Gasteiger partial charge in [0.05, 0.1) is 23.6 Å². The number of pyridine rings is 1. The van der Waals surface area contributed by atoms with Crippen molar-refractivity contribution < 1.29 is 23.2 Å². The largest absolute Gasteiger partial charge is 0.466 e. The molecule has 1 rings (SSSR count). The smallest absolute Gasteiger partial charge is 0.311 e. The summed E-state index contributed by atoms with van der Waals surface area (Å²) in [5, 5.41) is 10.8. The van der Waals surface area contributed by atoms with E-state index < -0.39 is 35.0 Å². The Labute approximate surface area is 120 Å². The molecule has 0 fully saturated rings. The predicted octanol–water partition coefficient (Wildman–Crippen LogP) is 2.64. The molecule has 0 aromatic carbocycles. The second-order valence-electron chi connectivity index (χ2n) is 3.35. The maximum absolute atomic E-state index is 13.0. The van der Waals surface area contributed by atoms with Crippen LogP contribution in [-0.4, -0.2) is 22.5 Å². The fourth-order valence-electron chi connectivity index (χ4n) is 1.44. The van der Waals surface area contributed by atoms with Crippen LogP contribution in [0.3, 0.4) is 0 Å². The molecule has 0 spiro atoms. The van der Waals surface area contributed by atoms with Gasteiger partial charge in [-0.05, 0) is 29.5 Å². The number of rotatable bonds is 5. The maximum Gasteiger partial charge on any atom is 0.311 e. The Bertz CT molecular complexity index is 511. The van der Waals surface area contributed by atoms with Crippen molar-refractivity contribution in [3.8, 4) is 0 Å². The minimum absolute atomic E-state index is 0.00879. The molecule has 0 bridgehead atoms. The summed E-state index contributed by atoms with van der Waals surface area (Å²) >= 11 is 1.55. The molecule has 0 aliphatic heterocycles. The van der Waals surface area contributed by atoms with Crippen molar-refractivity contribution in [2.24, 2.45) is 0 Å². The van der Waals surface area contributed by atoms with E-state index in [0.717, 1.165) is 6.20 Å². The van der Waals surface area contributed by atoms with E-state index in [1.54, 1.807) is 29.5 Å². The third-order valence-corrected chi connectivity index (χ3v) is 2.93. The summed E-state index contributed by atoms with van der Waals surface area (Å²) in [5.74, 6) is -0.757. The van der Waals surface area contributed by atoms with Crippen molar-refractivity contribution in [1.29, 1.82) is 0 Å². The zero-order valence-electron chi connectivity index (χ0n) is 9.73. The second kappa shape index (κ2) is 6.68. The molecule has 1 aromatic rings. The minimum Gasteiger partial charge on any atom is -0.466 e. The van der Waals surface area contributed by atoms with Crippen molar-refractivity contribution in [3.05, 3.63) is 31.1 Å². The molecule has 1 heterocycles. The first kappa shape index (κ1) is 15.7. The van der Waals surface area contributed by atoms with E-state index in [0.29, 0.717) is 0 Å². The number of esters is 1. The van der Waals surface area contributed by atoms with Crippen LogP contribution in [0.1, 0.15) is 24.6 Å². The van der Waals surface area contributed by atoms with E-state index in [4.69, 9.17) is 0 Å². The summed E-state index contributed by atoms with van der Waals surface area (Å²) in [6, 6.07) is 0. The van der Waals surface area contributed by atoms with Crippen LogP contribution in [0.15, 0.2) is 6.20 Å². The number of alkyl halides is 2. The van der Waals surface area contributed by atoms with Crippen molar-refractivity contribution >= 4 is 34.2 Å². The fourth-order valence-corrected chi connectivity index (χ4v) is 2.06. The monoisotopic (exact) mass is 386 g/mol. The average molecular weight is 386 g/mol. The summed E-state index contributed by atoms with van der Waals surface area (Å²) < 4.78 is 30.5. The van der Waals surface area contributed by atoms with Gasteiger partial charge in [-0.2, -0.15) is 0 Å². The summed E-state index contributed by atoms with van der Waals surface area (Å²) in [6.07, 6.45) is -2.53. The van der Waals surface area contributed by atoms with E-state index in [1.165, 1.54) is 0 Å². The Morgan fingerprint density at radius 2 is 2.26 bits per heavy atom. The number of carbonyl (C=O) groups is 1. The number of nitro groups is 1. The van der Waals surface area contributed by atoms with E-state index >= 15 is 0 Å². The highest BCUT2D eigenvalue weighted by atomic mass is 127. The van der Waals surface area contributed by atoms with E-state index in [-0.39, 0.29) is 15.9 Å². The Hall–Kier alpha value is -1.39. The van der Waals surface area contributed by atoms with Gasteiger partial charge in [0.1, 0.15) is 9.13 Å². The molecule has 0 radical (unpaired) electrons. The molecule has 0 saturated carbocycles. The predicted molar refractivity (Wildman–Crippen MR) is 68.9 cm³/mol. The molecule has 104 valence electrons. The topological polar surface area (TPSA) is 82.3 Å². The summed E-state index contributed by atoms with van der Waals surface area (Å²) in [6.45, 7) is 1.66. The maximum atomic E-state index is 13.0. The van der Waals surface area contributed by atoms with Crippen LogP contribution in [0.4, 0.5) is 14.5 Å². The Morgan fingerprint density at radius 1 is 1.63 bits per heavy atom. The van der Waals surface area contributed by atoms with Gasteiger partial charge in [-0.15, -0.1) is 0 Å². The highest BCUT2D eigenvalue weighted by molar-refractivity contribution is 14.1. The van der Waals surface area contributed by atoms with Gasteiger partial charge in [0.2, 0.25) is 0 Å². The SMILES string of the molecule is CCOC(=O)Cc1ncc(I)c([N+](=O)[O-])c1C(F)F. The summed E-state index contributed by atoms with van der Waals surface area (Å²) in [7, 11) is 0. The first-order valence-corrected chi connectivity index (χ1v) is 6.21. The number of ether oxygens (including phenoxy) is 1. The molecule has 0 saturated heterocycles. The van der Waals surface area contributed by atoms with Crippen LogP contribution in [0.5, 0.6) is 0 Å². The average Bonchev–Trinajstić information content (AvgIpc) is 2.30. The zero-order valence-corrected chi connectivity index (χ0v) is 11.9.